The lowest BCUT2D eigenvalue weighted by molar-refractivity contribution is -0.141. The highest BCUT2D eigenvalue weighted by atomic mass is 19.4. The molecule has 116 valence electrons. The lowest BCUT2D eigenvalue weighted by Gasteiger charge is -2.21. The number of nitrogens with one attached hydrogen (secondary N) is 1. The molecule has 0 radical (unpaired) electrons. The summed E-state index contributed by atoms with van der Waals surface area (Å²) in [6.45, 7) is 2.96. The highest BCUT2D eigenvalue weighted by Crippen LogP contribution is 2.30. The molecule has 2 rings (SSSR count). The van der Waals surface area contributed by atoms with Gasteiger partial charge in [-0.2, -0.15) is 13.2 Å². The first-order valence-electron chi connectivity index (χ1n) is 6.51. The molecule has 0 aromatic carbocycles. The molecule has 1 aromatic rings. The lowest BCUT2D eigenvalue weighted by atomic mass is 10.0. The van der Waals surface area contributed by atoms with E-state index < -0.39 is 17.8 Å². The minimum atomic E-state index is -4.58. The molecule has 0 saturated carbocycles. The molecule has 1 aliphatic rings. The molecular formula is C13H16F3N3O2. The van der Waals surface area contributed by atoms with Gasteiger partial charge < -0.3 is 15.8 Å². The Morgan fingerprint density at radius 2 is 2.24 bits per heavy atom. The van der Waals surface area contributed by atoms with E-state index in [-0.39, 0.29) is 23.3 Å². The van der Waals surface area contributed by atoms with Crippen molar-refractivity contribution in [2.75, 3.05) is 18.5 Å². The molecular weight excluding hydrogens is 287 g/mol. The maximum atomic E-state index is 12.7. The zero-order valence-electron chi connectivity index (χ0n) is 11.4. The number of rotatable bonds is 4. The normalized spacial score (nSPS) is 20.3. The minimum Gasteiger partial charge on any atom is -0.381 e. The van der Waals surface area contributed by atoms with Crippen LogP contribution in [0.1, 0.15) is 29.4 Å². The number of ether oxygens (including phenoxy) is 1. The van der Waals surface area contributed by atoms with Gasteiger partial charge in [0.15, 0.2) is 0 Å². The summed E-state index contributed by atoms with van der Waals surface area (Å²) in [5.41, 5.74) is 4.05. The van der Waals surface area contributed by atoms with Crippen LogP contribution >= 0.6 is 0 Å². The van der Waals surface area contributed by atoms with Gasteiger partial charge in [-0.15, -0.1) is 0 Å². The molecule has 1 aliphatic heterocycles. The van der Waals surface area contributed by atoms with Gasteiger partial charge in [-0.3, -0.25) is 4.79 Å². The number of primary amides is 1. The average Bonchev–Trinajstić information content (AvgIpc) is 2.91. The van der Waals surface area contributed by atoms with Crippen LogP contribution in [0.15, 0.2) is 12.1 Å². The standard InChI is InChI=1S/C13H16F3N3O2/c1-7(8-4-5-21-6-8)18-12-9(11(17)20)2-3-10(19-12)13(14,15)16/h2-3,7-8H,4-6H2,1H3,(H2,17,20)(H,18,19). The first-order chi connectivity index (χ1) is 9.79. The Hall–Kier alpha value is -1.83. The van der Waals surface area contributed by atoms with Crippen molar-refractivity contribution in [1.29, 1.82) is 0 Å². The first-order valence-corrected chi connectivity index (χ1v) is 6.51. The highest BCUT2D eigenvalue weighted by Gasteiger charge is 2.34. The number of nitrogens with zero attached hydrogens (tertiary/aromatic N) is 1. The fraction of sp³-hybridized carbons (Fsp3) is 0.538. The largest absolute Gasteiger partial charge is 0.433 e. The Morgan fingerprint density at radius 3 is 2.76 bits per heavy atom. The summed E-state index contributed by atoms with van der Waals surface area (Å²) < 4.78 is 43.4. The monoisotopic (exact) mass is 303 g/mol. The smallest absolute Gasteiger partial charge is 0.381 e. The number of alkyl halides is 3. The number of hydrogen-bond donors (Lipinski definition) is 2. The number of nitrogens with two attached hydrogens (primary N) is 1. The number of carbonyl (C=O) groups excluding carboxylic acids is 1. The third-order valence-corrected chi connectivity index (χ3v) is 3.49. The SMILES string of the molecule is CC(Nc1nc(C(F)(F)F)ccc1C(N)=O)C1CCOC1. The molecule has 1 amide bonds. The van der Waals surface area contributed by atoms with Crippen molar-refractivity contribution in [2.45, 2.75) is 25.6 Å². The third kappa shape index (κ3) is 3.63. The summed E-state index contributed by atoms with van der Waals surface area (Å²) in [5.74, 6) is -0.813. The molecule has 1 saturated heterocycles. The minimum absolute atomic E-state index is 0.0613. The second-order valence-electron chi connectivity index (χ2n) is 5.01. The summed E-state index contributed by atoms with van der Waals surface area (Å²) in [5, 5.41) is 2.85. The van der Waals surface area contributed by atoms with Crippen LogP contribution in [0, 0.1) is 5.92 Å². The Morgan fingerprint density at radius 1 is 1.52 bits per heavy atom. The van der Waals surface area contributed by atoms with E-state index in [1.807, 2.05) is 6.92 Å². The van der Waals surface area contributed by atoms with E-state index in [2.05, 4.69) is 10.3 Å². The van der Waals surface area contributed by atoms with E-state index in [4.69, 9.17) is 10.5 Å². The fourth-order valence-electron chi connectivity index (χ4n) is 2.21. The Balaban J connectivity index is 2.27. The molecule has 0 bridgehead atoms. The van der Waals surface area contributed by atoms with Crippen LogP contribution in [0.25, 0.3) is 0 Å². The Kier molecular flexibility index (Phi) is 4.36. The van der Waals surface area contributed by atoms with Gasteiger partial charge in [0.2, 0.25) is 0 Å². The summed E-state index contributed by atoms with van der Waals surface area (Å²) in [6, 6.07) is 1.61. The zero-order valence-corrected chi connectivity index (χ0v) is 11.4. The van der Waals surface area contributed by atoms with Gasteiger partial charge in [-0.05, 0) is 25.5 Å². The van der Waals surface area contributed by atoms with Crippen LogP contribution in [0.4, 0.5) is 19.0 Å². The topological polar surface area (TPSA) is 77.2 Å². The number of aromatic nitrogens is 1. The van der Waals surface area contributed by atoms with E-state index in [9.17, 15) is 18.0 Å². The number of carbonyl (C=O) groups is 1. The third-order valence-electron chi connectivity index (χ3n) is 3.49. The van der Waals surface area contributed by atoms with Crippen LogP contribution in [0.3, 0.4) is 0 Å². The zero-order chi connectivity index (χ0) is 15.6. The maximum absolute atomic E-state index is 12.7. The van der Waals surface area contributed by atoms with E-state index in [1.165, 1.54) is 0 Å². The molecule has 1 aromatic heterocycles. The predicted molar refractivity (Wildman–Crippen MR) is 69.8 cm³/mol. The van der Waals surface area contributed by atoms with Crippen LogP contribution in [-0.4, -0.2) is 30.1 Å². The van der Waals surface area contributed by atoms with Crippen LogP contribution in [0.5, 0.6) is 0 Å². The van der Waals surface area contributed by atoms with E-state index in [1.54, 1.807) is 0 Å². The van der Waals surface area contributed by atoms with Crippen LogP contribution < -0.4 is 11.1 Å². The molecule has 2 heterocycles. The Labute approximate surface area is 119 Å². The first kappa shape index (κ1) is 15.6. The number of anilines is 1. The van der Waals surface area contributed by atoms with E-state index in [0.29, 0.717) is 13.2 Å². The predicted octanol–water partition coefficient (Wildman–Crippen LogP) is 2.04. The number of hydrogen-bond acceptors (Lipinski definition) is 4. The van der Waals surface area contributed by atoms with E-state index in [0.717, 1.165) is 18.6 Å². The van der Waals surface area contributed by atoms with Gasteiger partial charge in [-0.1, -0.05) is 0 Å². The summed E-state index contributed by atoms with van der Waals surface area (Å²) in [4.78, 5) is 14.8. The average molecular weight is 303 g/mol. The van der Waals surface area contributed by atoms with Gasteiger partial charge in [0.05, 0.1) is 12.2 Å². The fourth-order valence-corrected chi connectivity index (χ4v) is 2.21. The van der Waals surface area contributed by atoms with Crippen LogP contribution in [0.2, 0.25) is 0 Å². The molecule has 2 atom stereocenters. The molecule has 0 aliphatic carbocycles. The van der Waals surface area contributed by atoms with E-state index >= 15 is 0 Å². The molecule has 2 unspecified atom stereocenters. The maximum Gasteiger partial charge on any atom is 0.433 e. The summed E-state index contributed by atoms with van der Waals surface area (Å²) >= 11 is 0. The molecule has 3 N–H and O–H groups in total. The molecule has 1 fully saturated rings. The lowest BCUT2D eigenvalue weighted by Crippen LogP contribution is -2.29. The molecule has 21 heavy (non-hydrogen) atoms. The van der Waals surface area contributed by atoms with Gasteiger partial charge in [0.1, 0.15) is 11.5 Å². The van der Waals surface area contributed by atoms with Gasteiger partial charge in [0.25, 0.3) is 5.91 Å². The summed E-state index contributed by atoms with van der Waals surface area (Å²) in [6.07, 6.45) is -3.77. The second kappa shape index (κ2) is 5.88. The van der Waals surface area contributed by atoms with Crippen molar-refractivity contribution in [1.82, 2.24) is 4.98 Å². The number of amides is 1. The quantitative estimate of drug-likeness (QED) is 0.892. The van der Waals surface area contributed by atoms with Crippen LogP contribution in [-0.2, 0) is 10.9 Å². The van der Waals surface area contributed by atoms with Gasteiger partial charge >= 0.3 is 6.18 Å². The van der Waals surface area contributed by atoms with Crippen molar-refractivity contribution in [3.8, 4) is 0 Å². The number of halogens is 3. The van der Waals surface area contributed by atoms with Crippen molar-refractivity contribution in [3.05, 3.63) is 23.4 Å². The van der Waals surface area contributed by atoms with Crippen molar-refractivity contribution in [3.63, 3.8) is 0 Å². The van der Waals surface area contributed by atoms with Crippen molar-refractivity contribution in [2.24, 2.45) is 11.7 Å². The highest BCUT2D eigenvalue weighted by molar-refractivity contribution is 5.97. The van der Waals surface area contributed by atoms with Gasteiger partial charge in [-0.25, -0.2) is 4.98 Å². The second-order valence-corrected chi connectivity index (χ2v) is 5.01. The van der Waals surface area contributed by atoms with Crippen molar-refractivity contribution >= 4 is 11.7 Å². The number of pyridine rings is 1. The molecule has 0 spiro atoms. The van der Waals surface area contributed by atoms with Gasteiger partial charge in [0, 0.05) is 18.6 Å². The molecule has 5 nitrogen and oxygen atoms in total. The van der Waals surface area contributed by atoms with Crippen molar-refractivity contribution < 1.29 is 22.7 Å². The molecule has 8 heteroatoms. The summed E-state index contributed by atoms with van der Waals surface area (Å²) in [7, 11) is 0. The Bertz CT molecular complexity index is 528.